The van der Waals surface area contributed by atoms with Gasteiger partial charge in [-0.3, -0.25) is 10.1 Å². The van der Waals surface area contributed by atoms with Crippen LogP contribution in [0.2, 0.25) is 0 Å². The summed E-state index contributed by atoms with van der Waals surface area (Å²) in [5, 5.41) is 3.21. The van der Waals surface area contributed by atoms with Gasteiger partial charge in [-0.05, 0) is 19.8 Å². The molecule has 0 spiro atoms. The van der Waals surface area contributed by atoms with Gasteiger partial charge in [0.05, 0.1) is 18.8 Å². The summed E-state index contributed by atoms with van der Waals surface area (Å²) >= 11 is 1.44. The number of nitrogens with zero attached hydrogens (tertiary/aromatic N) is 2. The average Bonchev–Trinajstić information content (AvgIpc) is 2.96. The molecule has 0 aromatic carbocycles. The quantitative estimate of drug-likeness (QED) is 0.919. The van der Waals surface area contributed by atoms with Crippen LogP contribution in [0.25, 0.3) is 0 Å². The smallest absolute Gasteiger partial charge is 0.413 e. The van der Waals surface area contributed by atoms with Crippen LogP contribution in [-0.4, -0.2) is 35.0 Å². The van der Waals surface area contributed by atoms with Gasteiger partial charge in [-0.25, -0.2) is 9.78 Å². The van der Waals surface area contributed by atoms with Crippen LogP contribution in [0, 0.1) is 5.92 Å². The van der Waals surface area contributed by atoms with Crippen LogP contribution in [0.15, 0.2) is 0 Å². The van der Waals surface area contributed by atoms with Gasteiger partial charge < -0.3 is 9.64 Å². The zero-order chi connectivity index (χ0) is 16.2. The number of nitrogens with one attached hydrogen (secondary N) is 1. The van der Waals surface area contributed by atoms with Gasteiger partial charge in [-0.2, -0.15) is 0 Å². The van der Waals surface area contributed by atoms with Crippen LogP contribution in [0.4, 0.5) is 9.93 Å². The molecule has 1 aromatic rings. The van der Waals surface area contributed by atoms with Crippen molar-refractivity contribution in [1.82, 2.24) is 9.88 Å². The minimum Gasteiger partial charge on any atom is -0.450 e. The molecular formula is C16H23N3O3S. The monoisotopic (exact) mass is 337 g/mol. The Morgan fingerprint density at radius 1 is 1.35 bits per heavy atom. The number of hydrogen-bond donors (Lipinski definition) is 1. The largest absolute Gasteiger partial charge is 0.450 e. The first kappa shape index (κ1) is 16.2. The molecule has 1 aliphatic carbocycles. The lowest BCUT2D eigenvalue weighted by Gasteiger charge is -2.31. The van der Waals surface area contributed by atoms with E-state index < -0.39 is 6.09 Å². The van der Waals surface area contributed by atoms with Crippen molar-refractivity contribution >= 4 is 28.5 Å². The third kappa shape index (κ3) is 3.83. The minimum absolute atomic E-state index is 0.204. The molecule has 0 radical (unpaired) electrons. The van der Waals surface area contributed by atoms with E-state index in [9.17, 15) is 9.59 Å². The summed E-state index contributed by atoms with van der Waals surface area (Å²) in [6.07, 6.45) is 5.93. The summed E-state index contributed by atoms with van der Waals surface area (Å²) in [6.45, 7) is 3.44. The van der Waals surface area contributed by atoms with Crippen molar-refractivity contribution in [3.63, 3.8) is 0 Å². The molecule has 1 N–H and O–H groups in total. The molecular weight excluding hydrogens is 314 g/mol. The van der Waals surface area contributed by atoms with Gasteiger partial charge in [0.25, 0.3) is 0 Å². The van der Waals surface area contributed by atoms with Crippen molar-refractivity contribution in [2.24, 2.45) is 5.92 Å². The molecule has 7 heteroatoms. The predicted molar refractivity (Wildman–Crippen MR) is 88.5 cm³/mol. The van der Waals surface area contributed by atoms with Crippen molar-refractivity contribution in [3.8, 4) is 0 Å². The average molecular weight is 337 g/mol. The van der Waals surface area contributed by atoms with Gasteiger partial charge in [0.2, 0.25) is 5.91 Å². The van der Waals surface area contributed by atoms with E-state index >= 15 is 0 Å². The maximum absolute atomic E-state index is 12.7. The highest BCUT2D eigenvalue weighted by Gasteiger charge is 2.30. The van der Waals surface area contributed by atoms with E-state index in [0.717, 1.165) is 36.4 Å². The summed E-state index contributed by atoms with van der Waals surface area (Å²) in [6, 6.07) is 0. The summed E-state index contributed by atoms with van der Waals surface area (Å²) in [7, 11) is 0. The topological polar surface area (TPSA) is 71.5 Å². The Bertz CT molecular complexity index is 581. The Morgan fingerprint density at radius 3 is 2.87 bits per heavy atom. The van der Waals surface area contributed by atoms with Gasteiger partial charge >= 0.3 is 6.09 Å². The Kier molecular flexibility index (Phi) is 5.15. The molecule has 0 saturated heterocycles. The van der Waals surface area contributed by atoms with Crippen LogP contribution in [0.5, 0.6) is 0 Å². The number of fused-ring (bicyclic) bond motifs is 1. The van der Waals surface area contributed by atoms with Gasteiger partial charge in [-0.1, -0.05) is 30.6 Å². The van der Waals surface area contributed by atoms with E-state index in [1.165, 1.54) is 30.6 Å². The van der Waals surface area contributed by atoms with Crippen LogP contribution in [0.3, 0.4) is 0 Å². The first-order chi connectivity index (χ1) is 11.2. The van der Waals surface area contributed by atoms with Crippen LogP contribution in [0.1, 0.15) is 49.6 Å². The van der Waals surface area contributed by atoms with Gasteiger partial charge in [0.15, 0.2) is 5.13 Å². The second-order valence-corrected chi connectivity index (χ2v) is 7.16. The third-order valence-corrected chi connectivity index (χ3v) is 5.48. The fraction of sp³-hybridized carbons (Fsp3) is 0.688. The molecule has 2 aliphatic rings. The summed E-state index contributed by atoms with van der Waals surface area (Å²) < 4.78 is 4.87. The van der Waals surface area contributed by atoms with Crippen molar-refractivity contribution < 1.29 is 14.3 Å². The Morgan fingerprint density at radius 2 is 2.13 bits per heavy atom. The van der Waals surface area contributed by atoms with Gasteiger partial charge in [-0.15, -0.1) is 0 Å². The second kappa shape index (κ2) is 7.29. The molecule has 126 valence electrons. The van der Waals surface area contributed by atoms with E-state index in [1.807, 2.05) is 4.90 Å². The SMILES string of the molecule is CCOC(=O)Nc1nc2c(s1)CN(C(=O)C1CCCCC1)CC2. The molecule has 1 fully saturated rings. The standard InChI is InChI=1S/C16H23N3O3S/c1-2-22-16(21)18-15-17-12-8-9-19(10-13(12)23-15)14(20)11-6-4-3-5-7-11/h11H,2-10H2,1H3,(H,17,18,21). The predicted octanol–water partition coefficient (Wildman–Crippen LogP) is 3.18. The van der Waals surface area contributed by atoms with Gasteiger partial charge in [0, 0.05) is 23.8 Å². The van der Waals surface area contributed by atoms with Crippen molar-refractivity contribution in [3.05, 3.63) is 10.6 Å². The molecule has 2 heterocycles. The maximum Gasteiger partial charge on any atom is 0.413 e. The van der Waals surface area contributed by atoms with E-state index in [0.29, 0.717) is 24.2 Å². The van der Waals surface area contributed by atoms with Crippen LogP contribution in [-0.2, 0) is 22.5 Å². The van der Waals surface area contributed by atoms with Crippen molar-refractivity contribution in [2.45, 2.75) is 52.0 Å². The number of rotatable bonds is 3. The third-order valence-electron chi connectivity index (χ3n) is 4.48. The number of anilines is 1. The van der Waals surface area contributed by atoms with E-state index in [1.54, 1.807) is 6.92 Å². The number of carbonyl (C=O) groups is 2. The highest BCUT2D eigenvalue weighted by atomic mass is 32.1. The van der Waals surface area contributed by atoms with Gasteiger partial charge in [0.1, 0.15) is 0 Å². The number of ether oxygens (including phenoxy) is 1. The Labute approximate surface area is 140 Å². The molecule has 23 heavy (non-hydrogen) atoms. The summed E-state index contributed by atoms with van der Waals surface area (Å²) in [5.74, 6) is 0.499. The highest BCUT2D eigenvalue weighted by Crippen LogP contribution is 2.31. The van der Waals surface area contributed by atoms with E-state index in [2.05, 4.69) is 10.3 Å². The molecule has 1 aromatic heterocycles. The Hall–Kier alpha value is -1.63. The molecule has 1 saturated carbocycles. The number of thiazole rings is 1. The number of amides is 2. The minimum atomic E-state index is -0.478. The highest BCUT2D eigenvalue weighted by molar-refractivity contribution is 7.15. The lowest BCUT2D eigenvalue weighted by molar-refractivity contribution is -0.137. The molecule has 0 atom stereocenters. The maximum atomic E-state index is 12.7. The molecule has 2 amide bonds. The lowest BCUT2D eigenvalue weighted by atomic mass is 9.88. The normalized spacial score (nSPS) is 18.4. The van der Waals surface area contributed by atoms with Crippen molar-refractivity contribution in [2.75, 3.05) is 18.5 Å². The second-order valence-electron chi connectivity index (χ2n) is 6.08. The molecule has 6 nitrogen and oxygen atoms in total. The molecule has 0 unspecified atom stereocenters. The summed E-state index contributed by atoms with van der Waals surface area (Å²) in [4.78, 5) is 31.6. The van der Waals surface area contributed by atoms with E-state index in [4.69, 9.17) is 4.74 Å². The van der Waals surface area contributed by atoms with Crippen molar-refractivity contribution in [1.29, 1.82) is 0 Å². The first-order valence-electron chi connectivity index (χ1n) is 8.38. The molecule has 3 rings (SSSR count). The molecule has 1 aliphatic heterocycles. The first-order valence-corrected chi connectivity index (χ1v) is 9.20. The van der Waals surface area contributed by atoms with E-state index in [-0.39, 0.29) is 5.92 Å². The number of hydrogen-bond acceptors (Lipinski definition) is 5. The Balaban J connectivity index is 1.62. The zero-order valence-electron chi connectivity index (χ0n) is 13.5. The van der Waals surface area contributed by atoms with Crippen LogP contribution < -0.4 is 5.32 Å². The number of aromatic nitrogens is 1. The fourth-order valence-electron chi connectivity index (χ4n) is 3.30. The van der Waals surface area contributed by atoms with Crippen LogP contribution >= 0.6 is 11.3 Å². The zero-order valence-corrected chi connectivity index (χ0v) is 14.3. The lowest BCUT2D eigenvalue weighted by Crippen LogP contribution is -2.40. The number of carbonyl (C=O) groups excluding carboxylic acids is 2. The fourth-order valence-corrected chi connectivity index (χ4v) is 4.31. The molecule has 0 bridgehead atoms. The summed E-state index contributed by atoms with van der Waals surface area (Å²) in [5.41, 5.74) is 0.995.